The molecule has 0 saturated carbocycles. The minimum absolute atomic E-state index is 0.211. The molecule has 0 unspecified atom stereocenters. The van der Waals surface area contributed by atoms with Gasteiger partial charge in [-0.05, 0) is 48.4 Å². The molecule has 5 heteroatoms. The second-order valence-corrected chi connectivity index (χ2v) is 6.59. The van der Waals surface area contributed by atoms with Gasteiger partial charge in [0.2, 0.25) is 0 Å². The largest absolute Gasteiger partial charge is 0.467 e. The van der Waals surface area contributed by atoms with E-state index in [4.69, 9.17) is 9.15 Å². The van der Waals surface area contributed by atoms with E-state index in [0.717, 1.165) is 11.1 Å². The molecule has 0 bridgehead atoms. The molecule has 0 fully saturated rings. The first-order chi connectivity index (χ1) is 13.1. The number of carbonyl (C=O) groups is 2. The van der Waals surface area contributed by atoms with Crippen LogP contribution in [0.3, 0.4) is 0 Å². The highest BCUT2D eigenvalue weighted by molar-refractivity contribution is 5.98. The molecule has 2 atom stereocenters. The van der Waals surface area contributed by atoms with Crippen molar-refractivity contribution in [3.05, 3.63) is 94.9 Å². The van der Waals surface area contributed by atoms with Crippen molar-refractivity contribution < 1.29 is 18.7 Å². The number of hydrogen-bond donors (Lipinski definition) is 1. The van der Waals surface area contributed by atoms with Gasteiger partial charge in [0.25, 0.3) is 5.91 Å². The zero-order chi connectivity index (χ0) is 18.8. The normalized spacial score (nSPS) is 16.9. The number of carbonyl (C=O) groups excluding carboxylic acids is 2. The number of cyclic esters (lactones) is 1. The van der Waals surface area contributed by atoms with E-state index in [2.05, 4.69) is 5.32 Å². The number of esters is 1. The Hall–Kier alpha value is -3.34. The standard InChI is InChI=1S/C22H19NO4/c1-14(19-8-5-11-26-19)23-21(24)16-9-10-18-17(12-16)13-20(27-22(18)25)15-6-3-2-4-7-15/h2-12,14,20H,13H2,1H3,(H,23,24)/t14-,20+/m0/s1. The third-order valence-corrected chi connectivity index (χ3v) is 4.73. The van der Waals surface area contributed by atoms with Crippen molar-refractivity contribution in [2.24, 2.45) is 0 Å². The second kappa shape index (κ2) is 7.11. The van der Waals surface area contributed by atoms with Crippen molar-refractivity contribution in [3.63, 3.8) is 0 Å². The summed E-state index contributed by atoms with van der Waals surface area (Å²) in [7, 11) is 0. The third-order valence-electron chi connectivity index (χ3n) is 4.73. The number of benzene rings is 2. The van der Waals surface area contributed by atoms with E-state index < -0.39 is 0 Å². The van der Waals surface area contributed by atoms with Gasteiger partial charge in [0.1, 0.15) is 11.9 Å². The molecule has 0 saturated heterocycles. The van der Waals surface area contributed by atoms with Crippen LogP contribution in [0.4, 0.5) is 0 Å². The molecule has 2 heterocycles. The Labute approximate surface area is 157 Å². The second-order valence-electron chi connectivity index (χ2n) is 6.59. The van der Waals surface area contributed by atoms with Gasteiger partial charge < -0.3 is 14.5 Å². The molecule has 1 aromatic heterocycles. The van der Waals surface area contributed by atoms with Crippen LogP contribution in [-0.4, -0.2) is 11.9 Å². The maximum Gasteiger partial charge on any atom is 0.339 e. The molecule has 4 rings (SSSR count). The molecule has 1 aliphatic heterocycles. The van der Waals surface area contributed by atoms with E-state index in [0.29, 0.717) is 23.3 Å². The van der Waals surface area contributed by atoms with E-state index in [1.54, 1.807) is 30.5 Å². The number of fused-ring (bicyclic) bond motifs is 1. The number of furan rings is 1. The highest BCUT2D eigenvalue weighted by Crippen LogP contribution is 2.31. The van der Waals surface area contributed by atoms with Gasteiger partial charge in [-0.1, -0.05) is 30.3 Å². The summed E-state index contributed by atoms with van der Waals surface area (Å²) >= 11 is 0. The highest BCUT2D eigenvalue weighted by Gasteiger charge is 2.28. The predicted molar refractivity (Wildman–Crippen MR) is 99.3 cm³/mol. The smallest absolute Gasteiger partial charge is 0.339 e. The average molecular weight is 361 g/mol. The lowest BCUT2D eigenvalue weighted by Crippen LogP contribution is -2.27. The van der Waals surface area contributed by atoms with Crippen LogP contribution >= 0.6 is 0 Å². The van der Waals surface area contributed by atoms with Crippen molar-refractivity contribution in [1.29, 1.82) is 0 Å². The molecule has 2 aromatic carbocycles. The van der Waals surface area contributed by atoms with Gasteiger partial charge in [-0.2, -0.15) is 0 Å². The third kappa shape index (κ3) is 3.49. The van der Waals surface area contributed by atoms with Crippen molar-refractivity contribution in [1.82, 2.24) is 5.32 Å². The Balaban J connectivity index is 1.56. The number of amides is 1. The maximum atomic E-state index is 12.6. The number of rotatable bonds is 4. The molecule has 136 valence electrons. The van der Waals surface area contributed by atoms with Crippen LogP contribution < -0.4 is 5.32 Å². The van der Waals surface area contributed by atoms with Gasteiger partial charge in [0.05, 0.1) is 17.9 Å². The minimum Gasteiger partial charge on any atom is -0.467 e. The van der Waals surface area contributed by atoms with Crippen molar-refractivity contribution >= 4 is 11.9 Å². The lowest BCUT2D eigenvalue weighted by molar-refractivity contribution is 0.0252. The number of nitrogens with one attached hydrogen (secondary N) is 1. The van der Waals surface area contributed by atoms with E-state index in [-0.39, 0.29) is 24.0 Å². The van der Waals surface area contributed by atoms with Crippen molar-refractivity contribution in [2.75, 3.05) is 0 Å². The van der Waals surface area contributed by atoms with E-state index in [1.165, 1.54) is 0 Å². The van der Waals surface area contributed by atoms with E-state index in [1.807, 2.05) is 43.3 Å². The topological polar surface area (TPSA) is 68.5 Å². The average Bonchev–Trinajstić information content (AvgIpc) is 3.23. The van der Waals surface area contributed by atoms with Gasteiger partial charge in [-0.15, -0.1) is 0 Å². The Morgan fingerprint density at radius 2 is 1.93 bits per heavy atom. The molecule has 1 amide bonds. The number of hydrogen-bond acceptors (Lipinski definition) is 4. The Morgan fingerprint density at radius 3 is 2.67 bits per heavy atom. The van der Waals surface area contributed by atoms with Crippen LogP contribution in [0.25, 0.3) is 0 Å². The maximum absolute atomic E-state index is 12.6. The van der Waals surface area contributed by atoms with Gasteiger partial charge in [-0.3, -0.25) is 4.79 Å². The monoisotopic (exact) mass is 361 g/mol. The zero-order valence-corrected chi connectivity index (χ0v) is 14.8. The Morgan fingerprint density at radius 1 is 1.11 bits per heavy atom. The van der Waals surface area contributed by atoms with Gasteiger partial charge >= 0.3 is 5.97 Å². The molecule has 3 aromatic rings. The van der Waals surface area contributed by atoms with Gasteiger partial charge in [0, 0.05) is 12.0 Å². The fourth-order valence-electron chi connectivity index (χ4n) is 3.28. The van der Waals surface area contributed by atoms with Crippen LogP contribution in [0.2, 0.25) is 0 Å². The van der Waals surface area contributed by atoms with E-state index in [9.17, 15) is 9.59 Å². The summed E-state index contributed by atoms with van der Waals surface area (Å²) in [6.45, 7) is 1.86. The summed E-state index contributed by atoms with van der Waals surface area (Å²) in [5.41, 5.74) is 2.78. The first-order valence-corrected chi connectivity index (χ1v) is 8.85. The van der Waals surface area contributed by atoms with Crippen LogP contribution in [0, 0.1) is 0 Å². The summed E-state index contributed by atoms with van der Waals surface area (Å²) in [4.78, 5) is 24.9. The molecule has 0 spiro atoms. The minimum atomic E-state index is -0.360. The zero-order valence-electron chi connectivity index (χ0n) is 14.8. The molecule has 0 aliphatic carbocycles. The summed E-state index contributed by atoms with van der Waals surface area (Å²) in [6.07, 6.45) is 1.78. The Kier molecular flexibility index (Phi) is 4.50. The first-order valence-electron chi connectivity index (χ1n) is 8.85. The van der Waals surface area contributed by atoms with Crippen molar-refractivity contribution in [3.8, 4) is 0 Å². The van der Waals surface area contributed by atoms with E-state index >= 15 is 0 Å². The molecule has 5 nitrogen and oxygen atoms in total. The van der Waals surface area contributed by atoms with Crippen LogP contribution in [0.15, 0.2) is 71.3 Å². The fourth-order valence-corrected chi connectivity index (χ4v) is 3.28. The molecular formula is C22H19NO4. The number of ether oxygens (including phenoxy) is 1. The quantitative estimate of drug-likeness (QED) is 0.706. The Bertz CT molecular complexity index is 963. The lowest BCUT2D eigenvalue weighted by Gasteiger charge is -2.25. The molecule has 27 heavy (non-hydrogen) atoms. The fraction of sp³-hybridized carbons (Fsp3) is 0.182. The highest BCUT2D eigenvalue weighted by atomic mass is 16.5. The molecular weight excluding hydrogens is 342 g/mol. The van der Waals surface area contributed by atoms with Crippen LogP contribution in [0.1, 0.15) is 56.7 Å². The summed E-state index contributed by atoms with van der Waals surface area (Å²) in [5.74, 6) is 0.118. The van der Waals surface area contributed by atoms with Crippen LogP contribution in [0.5, 0.6) is 0 Å². The predicted octanol–water partition coefficient (Wildman–Crippen LogP) is 4.22. The van der Waals surface area contributed by atoms with Gasteiger partial charge in [-0.25, -0.2) is 4.79 Å². The van der Waals surface area contributed by atoms with Gasteiger partial charge in [0.15, 0.2) is 0 Å². The summed E-state index contributed by atoms with van der Waals surface area (Å²) < 4.78 is 10.9. The SMILES string of the molecule is C[C@H](NC(=O)c1ccc2c(c1)C[C@H](c1ccccc1)OC2=O)c1ccco1. The molecule has 1 aliphatic rings. The molecule has 1 N–H and O–H groups in total. The van der Waals surface area contributed by atoms with Crippen molar-refractivity contribution in [2.45, 2.75) is 25.5 Å². The first kappa shape index (κ1) is 17.1. The lowest BCUT2D eigenvalue weighted by atomic mass is 9.93. The molecule has 0 radical (unpaired) electrons. The van der Waals surface area contributed by atoms with Crippen LogP contribution in [-0.2, 0) is 11.2 Å². The summed E-state index contributed by atoms with van der Waals surface area (Å²) in [6, 6.07) is 18.1. The summed E-state index contributed by atoms with van der Waals surface area (Å²) in [5, 5.41) is 2.91.